The Kier molecular flexibility index (Phi) is 8.60. The zero-order valence-electron chi connectivity index (χ0n) is 29.7. The summed E-state index contributed by atoms with van der Waals surface area (Å²) in [6.07, 6.45) is 9.75. The number of methoxy groups -OCH3 is 2. The Labute approximate surface area is 291 Å². The highest BCUT2D eigenvalue weighted by Crippen LogP contribution is 2.50. The number of piperidine rings is 1. The molecule has 2 aliphatic heterocycles. The van der Waals surface area contributed by atoms with Crippen LogP contribution in [0.2, 0.25) is 0 Å². The summed E-state index contributed by atoms with van der Waals surface area (Å²) in [6.45, 7) is 8.38. The van der Waals surface area contributed by atoms with Crippen molar-refractivity contribution in [3.05, 3.63) is 29.2 Å². The number of likely N-dealkylation sites (tertiary alicyclic amines) is 1. The van der Waals surface area contributed by atoms with Crippen LogP contribution in [0.25, 0.3) is 33.1 Å². The molecule has 0 radical (unpaired) electrons. The van der Waals surface area contributed by atoms with Gasteiger partial charge >= 0.3 is 6.01 Å². The van der Waals surface area contributed by atoms with Gasteiger partial charge < -0.3 is 29.0 Å². The van der Waals surface area contributed by atoms with Gasteiger partial charge in [0.1, 0.15) is 28.0 Å². The van der Waals surface area contributed by atoms with Gasteiger partial charge in [-0.05, 0) is 83.0 Å². The summed E-state index contributed by atoms with van der Waals surface area (Å²) < 4.78 is 41.1. The van der Waals surface area contributed by atoms with Crippen molar-refractivity contribution in [2.45, 2.75) is 89.5 Å². The molecule has 2 aliphatic carbocycles. The SMILES string of the molecule is COc1nc(-c2c(C)c(C)cc3[nH]ncc23)c(F)c2nc(OC[C@]34CCC[C@H]3N(C3CC(OC)C3)CCC4)nc(N3CCOC[C@@](C)(O)C3)c12. The number of nitrogens with zero attached hydrogens (tertiary/aromatic N) is 6. The third-order valence-corrected chi connectivity index (χ3v) is 11.9. The maximum absolute atomic E-state index is 17.2. The van der Waals surface area contributed by atoms with Crippen LogP contribution in [-0.4, -0.2) is 113 Å². The van der Waals surface area contributed by atoms with Crippen molar-refractivity contribution < 1.29 is 28.4 Å². The molecule has 2 saturated heterocycles. The fraction of sp³-hybridized carbons (Fsp3) is 0.622. The van der Waals surface area contributed by atoms with Crippen LogP contribution in [0.5, 0.6) is 11.9 Å². The first-order valence-corrected chi connectivity index (χ1v) is 18.0. The van der Waals surface area contributed by atoms with Crippen LogP contribution in [0.3, 0.4) is 0 Å². The van der Waals surface area contributed by atoms with Gasteiger partial charge in [-0.2, -0.15) is 15.1 Å². The molecule has 268 valence electrons. The zero-order chi connectivity index (χ0) is 34.8. The summed E-state index contributed by atoms with van der Waals surface area (Å²) in [6, 6.07) is 3.07. The number of fused-ring (bicyclic) bond motifs is 3. The zero-order valence-corrected chi connectivity index (χ0v) is 29.7. The molecule has 4 aromatic rings. The van der Waals surface area contributed by atoms with Crippen molar-refractivity contribution in [2.75, 3.05) is 58.6 Å². The van der Waals surface area contributed by atoms with E-state index in [1.165, 1.54) is 7.11 Å². The fourth-order valence-corrected chi connectivity index (χ4v) is 9.11. The van der Waals surface area contributed by atoms with Crippen molar-refractivity contribution >= 4 is 27.6 Å². The molecule has 0 unspecified atom stereocenters. The van der Waals surface area contributed by atoms with Crippen LogP contribution in [0.1, 0.15) is 63.0 Å². The lowest BCUT2D eigenvalue weighted by molar-refractivity contribution is -0.0845. The molecule has 0 amide bonds. The Morgan fingerprint density at radius 1 is 1.12 bits per heavy atom. The van der Waals surface area contributed by atoms with Crippen LogP contribution in [-0.2, 0) is 9.47 Å². The molecule has 4 fully saturated rings. The largest absolute Gasteiger partial charge is 0.480 e. The van der Waals surface area contributed by atoms with E-state index in [2.05, 4.69) is 15.1 Å². The number of rotatable bonds is 8. The first-order valence-electron chi connectivity index (χ1n) is 18.0. The predicted molar refractivity (Wildman–Crippen MR) is 187 cm³/mol. The second kappa shape index (κ2) is 12.8. The summed E-state index contributed by atoms with van der Waals surface area (Å²) >= 11 is 0. The molecule has 1 aromatic carbocycles. The van der Waals surface area contributed by atoms with Crippen molar-refractivity contribution in [2.24, 2.45) is 5.41 Å². The van der Waals surface area contributed by atoms with E-state index in [1.807, 2.05) is 24.8 Å². The van der Waals surface area contributed by atoms with E-state index < -0.39 is 11.4 Å². The van der Waals surface area contributed by atoms with E-state index in [0.717, 1.165) is 73.5 Å². The number of halogens is 1. The van der Waals surface area contributed by atoms with Gasteiger partial charge in [-0.25, -0.2) is 9.37 Å². The Morgan fingerprint density at radius 2 is 1.94 bits per heavy atom. The number of nitrogens with one attached hydrogen (secondary N) is 1. The second-order valence-corrected chi connectivity index (χ2v) is 15.2. The number of aliphatic hydroxyl groups is 1. The smallest absolute Gasteiger partial charge is 0.319 e. The summed E-state index contributed by atoms with van der Waals surface area (Å²) in [7, 11) is 3.32. The molecular formula is C37H48FN7O5. The Morgan fingerprint density at radius 3 is 2.74 bits per heavy atom. The number of H-pyrrole nitrogens is 1. The third kappa shape index (κ3) is 5.66. The van der Waals surface area contributed by atoms with Gasteiger partial charge in [-0.1, -0.05) is 6.42 Å². The lowest BCUT2D eigenvalue weighted by Crippen LogP contribution is -2.59. The molecule has 12 nitrogen and oxygen atoms in total. The van der Waals surface area contributed by atoms with Gasteiger partial charge in [0.2, 0.25) is 5.88 Å². The van der Waals surface area contributed by atoms with E-state index in [0.29, 0.717) is 54.7 Å². The number of hydrogen-bond acceptors (Lipinski definition) is 11. The average molecular weight is 690 g/mol. The van der Waals surface area contributed by atoms with Gasteiger partial charge in [0.15, 0.2) is 5.82 Å². The number of hydrogen-bond donors (Lipinski definition) is 2. The minimum atomic E-state index is -1.16. The number of pyridine rings is 1. The molecule has 3 aromatic heterocycles. The summed E-state index contributed by atoms with van der Waals surface area (Å²) in [5, 5.41) is 19.5. The fourth-order valence-electron chi connectivity index (χ4n) is 9.11. The standard InChI is InChI=1S/C37H48FN7O5/c1-21-14-26-25(17-39-43-26)28(22(21)2)31-30(38)32-29(34(40-31)48-5)33(44-12-13-49-19-36(3,46)18-44)42-35(41-32)50-20-37-9-6-8-27(37)45(11-7-10-37)23-15-24(16-23)47-4/h14,17,23-24,27,46H,6-13,15-16,18-20H2,1-5H3,(H,39,43)/t23?,24?,27-,36+,37-/m1/s1. The number of ether oxygens (including phenoxy) is 4. The first kappa shape index (κ1) is 33.5. The van der Waals surface area contributed by atoms with Gasteiger partial charge in [-0.3, -0.25) is 10.00 Å². The third-order valence-electron chi connectivity index (χ3n) is 11.9. The van der Waals surface area contributed by atoms with E-state index in [1.54, 1.807) is 20.2 Å². The molecule has 0 spiro atoms. The number of β-amino-alcohol motifs (C(OH)–C–C–N with tert-alkyl or cyclic N) is 1. The quantitative estimate of drug-likeness (QED) is 0.256. The van der Waals surface area contributed by atoms with Crippen LogP contribution in [0.4, 0.5) is 10.2 Å². The molecule has 2 N–H and O–H groups in total. The van der Waals surface area contributed by atoms with Crippen LogP contribution < -0.4 is 14.4 Å². The Balaban J connectivity index is 1.23. The maximum atomic E-state index is 17.2. The van der Waals surface area contributed by atoms with Gasteiger partial charge in [0, 0.05) is 42.1 Å². The second-order valence-electron chi connectivity index (χ2n) is 15.2. The summed E-state index contributed by atoms with van der Waals surface area (Å²) in [4.78, 5) is 19.1. The molecule has 13 heteroatoms. The van der Waals surface area contributed by atoms with E-state index in [9.17, 15) is 5.11 Å². The Bertz CT molecular complexity index is 1910. The van der Waals surface area contributed by atoms with Crippen LogP contribution in [0.15, 0.2) is 12.3 Å². The van der Waals surface area contributed by atoms with Crippen LogP contribution >= 0.6 is 0 Å². The number of aromatic nitrogens is 5. The highest BCUT2D eigenvalue weighted by atomic mass is 19.1. The van der Waals surface area contributed by atoms with Crippen molar-refractivity contribution in [3.63, 3.8) is 0 Å². The first-order chi connectivity index (χ1) is 24.1. The van der Waals surface area contributed by atoms with Crippen molar-refractivity contribution in [1.82, 2.24) is 30.0 Å². The van der Waals surface area contributed by atoms with E-state index in [4.69, 9.17) is 33.9 Å². The number of aromatic amines is 1. The van der Waals surface area contributed by atoms with E-state index >= 15 is 4.39 Å². The molecule has 2 saturated carbocycles. The molecule has 50 heavy (non-hydrogen) atoms. The normalized spacial score (nSPS) is 28.9. The Hall–Kier alpha value is -3.65. The van der Waals surface area contributed by atoms with Gasteiger partial charge in [0.25, 0.3) is 0 Å². The topological polar surface area (TPSA) is 131 Å². The lowest BCUT2D eigenvalue weighted by atomic mass is 9.73. The highest BCUT2D eigenvalue weighted by molar-refractivity contribution is 6.01. The number of anilines is 1. The minimum Gasteiger partial charge on any atom is -0.480 e. The number of benzene rings is 1. The molecule has 4 aliphatic rings. The monoisotopic (exact) mass is 689 g/mol. The average Bonchev–Trinajstić information content (AvgIpc) is 3.69. The van der Waals surface area contributed by atoms with Crippen molar-refractivity contribution in [3.8, 4) is 23.1 Å². The van der Waals surface area contributed by atoms with Gasteiger partial charge in [-0.15, -0.1) is 0 Å². The van der Waals surface area contributed by atoms with E-state index in [-0.39, 0.29) is 41.7 Å². The molecule has 8 rings (SSSR count). The molecule has 0 bridgehead atoms. The van der Waals surface area contributed by atoms with Crippen molar-refractivity contribution in [1.29, 1.82) is 0 Å². The summed E-state index contributed by atoms with van der Waals surface area (Å²) in [5.41, 5.74) is 2.26. The highest BCUT2D eigenvalue weighted by Gasteiger charge is 2.52. The lowest BCUT2D eigenvalue weighted by Gasteiger charge is -2.53. The maximum Gasteiger partial charge on any atom is 0.319 e. The number of aryl methyl sites for hydroxylation is 1. The molecule has 5 heterocycles. The van der Waals surface area contributed by atoms with Gasteiger partial charge in [0.05, 0.1) is 51.3 Å². The molecule has 3 atom stereocenters. The predicted octanol–water partition coefficient (Wildman–Crippen LogP) is 5.11. The van der Waals surface area contributed by atoms with Crippen LogP contribution in [0, 0.1) is 25.1 Å². The molecular weight excluding hydrogens is 641 g/mol. The summed E-state index contributed by atoms with van der Waals surface area (Å²) in [5.74, 6) is -0.0138. The minimum absolute atomic E-state index is 0.0276.